The minimum absolute atomic E-state index is 0. The molecule has 1 aliphatic heterocycles. The molecule has 0 bridgehead atoms. The summed E-state index contributed by atoms with van der Waals surface area (Å²) in [5.74, 6) is -23.6. The Morgan fingerprint density at radius 3 is 1.93 bits per heavy atom. The number of halogens is 8. The number of hydrogen-bond acceptors (Lipinski definition) is 2. The molecule has 10 aromatic rings. The number of pyridine rings is 1. The van der Waals surface area contributed by atoms with Crippen LogP contribution in [0.25, 0.3) is 83.4 Å². The van der Waals surface area contributed by atoms with Crippen molar-refractivity contribution in [3.63, 3.8) is 0 Å². The molecule has 0 unspecified atom stereocenters. The Balaban J connectivity index is 0.00000533. The maximum atomic E-state index is 16.7. The van der Waals surface area contributed by atoms with Gasteiger partial charge in [0.2, 0.25) is 0 Å². The number of para-hydroxylation sites is 2. The van der Waals surface area contributed by atoms with Crippen LogP contribution in [0.15, 0.2) is 152 Å². The Morgan fingerprint density at radius 2 is 1.20 bits per heavy atom. The summed E-state index contributed by atoms with van der Waals surface area (Å²) in [4.78, 5) is 4.73. The molecule has 3 aromatic heterocycles. The summed E-state index contributed by atoms with van der Waals surface area (Å²) in [6.07, 6.45) is 4.88. The summed E-state index contributed by atoms with van der Waals surface area (Å²) in [5, 5.41) is 1.83. The van der Waals surface area contributed by atoms with Crippen molar-refractivity contribution in [1.82, 2.24) is 14.1 Å². The molecule has 0 spiro atoms. The van der Waals surface area contributed by atoms with Gasteiger partial charge in [0.25, 0.3) is 6.33 Å². The second-order valence-corrected chi connectivity index (χ2v) is 18.3. The van der Waals surface area contributed by atoms with E-state index in [0.29, 0.717) is 39.8 Å². The van der Waals surface area contributed by atoms with E-state index in [4.69, 9.17) is 9.72 Å². The second-order valence-electron chi connectivity index (χ2n) is 18.3. The number of hydrogen-bond donors (Lipinski definition) is 0. The van der Waals surface area contributed by atoms with Gasteiger partial charge in [0.15, 0.2) is 0 Å². The van der Waals surface area contributed by atoms with E-state index in [9.17, 15) is 0 Å². The fraction of sp³-hybridized carbons (Fsp3) is 0.143. The number of fused-ring (bicyclic) bond motifs is 12. The predicted octanol–water partition coefficient (Wildman–Crippen LogP) is 14.7. The van der Waals surface area contributed by atoms with Gasteiger partial charge in [0.1, 0.15) is 5.82 Å². The van der Waals surface area contributed by atoms with Gasteiger partial charge in [0, 0.05) is 61.0 Å². The summed E-state index contributed by atoms with van der Waals surface area (Å²) in [7, 11) is 0. The van der Waals surface area contributed by atoms with Crippen molar-refractivity contribution < 1.29 is 65.5 Å². The minimum atomic E-state index is -6.51. The standard InChI is InChI=1S/C56H34F8N4O.Pt/c1-52(2,3)32-25-26-65-48(27-32)68-45-22-11-9-19-40(45)41-24-23-35(29-46(41)68)69-34-14-12-13-33(28-34)66-31-67-44-21-10-8-18-39(44)37-16-5-4-15-36(37)38-17-6-7-20-42(38)49-50-43(30-47(66)51(49)67)53(57,58)55(61,62)56(63,64)54(50,59)60;/h4-27,30H,1-3H3;/q-2;. The van der Waals surface area contributed by atoms with Gasteiger partial charge in [-0.3, -0.25) is 4.57 Å². The van der Waals surface area contributed by atoms with E-state index < -0.39 is 40.4 Å². The molecule has 14 heteroatoms. The van der Waals surface area contributed by atoms with Gasteiger partial charge in [0.05, 0.1) is 16.7 Å². The average Bonchev–Trinajstić information content (AvgIpc) is 3.89. The Hall–Kier alpha value is -7.11. The van der Waals surface area contributed by atoms with Crippen molar-refractivity contribution in [2.45, 2.75) is 49.9 Å². The third kappa shape index (κ3) is 6.25. The summed E-state index contributed by atoms with van der Waals surface area (Å²) < 4.78 is 139. The maximum absolute atomic E-state index is 16.7. The molecule has 0 saturated carbocycles. The summed E-state index contributed by atoms with van der Waals surface area (Å²) in [6.45, 7) is 6.34. The van der Waals surface area contributed by atoms with Gasteiger partial charge in [-0.05, 0) is 80.2 Å². The first-order valence-corrected chi connectivity index (χ1v) is 21.9. The van der Waals surface area contributed by atoms with Crippen LogP contribution in [-0.4, -0.2) is 26.0 Å². The van der Waals surface area contributed by atoms with Crippen LogP contribution in [-0.2, 0) is 38.3 Å². The number of nitrogens with zero attached hydrogens (tertiary/aromatic N) is 4. The summed E-state index contributed by atoms with van der Waals surface area (Å²) in [5.41, 5.74) is -0.793. The first-order valence-electron chi connectivity index (χ1n) is 21.9. The molecule has 0 N–H and O–H groups in total. The molecule has 70 heavy (non-hydrogen) atoms. The molecule has 1 aliphatic carbocycles. The van der Waals surface area contributed by atoms with E-state index in [1.807, 2.05) is 47.0 Å². The van der Waals surface area contributed by atoms with E-state index in [0.717, 1.165) is 21.9 Å². The first kappa shape index (κ1) is 45.3. The fourth-order valence-electron chi connectivity index (χ4n) is 9.88. The van der Waals surface area contributed by atoms with Crippen LogP contribution >= 0.6 is 0 Å². The quantitative estimate of drug-likeness (QED) is 0.100. The third-order valence-electron chi connectivity index (χ3n) is 13.2. The van der Waals surface area contributed by atoms with Gasteiger partial charge in [-0.25, -0.2) is 4.98 Å². The molecular weight excluding hydrogens is 1090 g/mol. The van der Waals surface area contributed by atoms with E-state index in [1.165, 1.54) is 27.3 Å². The number of rotatable bonds is 4. The topological polar surface area (TPSA) is 35.9 Å². The molecule has 0 radical (unpaired) electrons. The zero-order chi connectivity index (χ0) is 48.0. The van der Waals surface area contributed by atoms with E-state index in [1.54, 1.807) is 85.1 Å². The van der Waals surface area contributed by atoms with Crippen LogP contribution in [0.1, 0.15) is 37.5 Å². The zero-order valence-electron chi connectivity index (χ0n) is 37.0. The monoisotopic (exact) mass is 1130 g/mol. The second kappa shape index (κ2) is 15.4. The Kier molecular flexibility index (Phi) is 10.0. The average molecular weight is 1130 g/mol. The van der Waals surface area contributed by atoms with Gasteiger partial charge in [-0.15, -0.1) is 29.7 Å². The molecule has 12 rings (SSSR count). The number of imidazole rings is 1. The van der Waals surface area contributed by atoms with Crippen molar-refractivity contribution in [2.75, 3.05) is 0 Å². The number of aromatic nitrogens is 4. The van der Waals surface area contributed by atoms with Crippen LogP contribution in [0.5, 0.6) is 11.5 Å². The smallest absolute Gasteiger partial charge is 0.382 e. The molecular formula is C56H34F8N4OPt-2. The third-order valence-corrected chi connectivity index (χ3v) is 13.2. The van der Waals surface area contributed by atoms with Crippen molar-refractivity contribution in [2.24, 2.45) is 0 Å². The summed E-state index contributed by atoms with van der Waals surface area (Å²) in [6, 6.07) is 46.8. The Labute approximate surface area is 409 Å². The van der Waals surface area contributed by atoms with Crippen molar-refractivity contribution in [3.05, 3.63) is 187 Å². The largest absolute Gasteiger partial charge is 0.510 e. The molecule has 0 fully saturated rings. The van der Waals surface area contributed by atoms with Crippen LogP contribution in [0.4, 0.5) is 35.1 Å². The normalized spacial score (nSPS) is 16.0. The predicted molar refractivity (Wildman–Crippen MR) is 246 cm³/mol. The van der Waals surface area contributed by atoms with Crippen LogP contribution in [0.2, 0.25) is 0 Å². The van der Waals surface area contributed by atoms with Crippen LogP contribution < -0.4 is 9.30 Å². The Morgan fingerprint density at radius 1 is 0.586 bits per heavy atom. The molecule has 2 aliphatic rings. The van der Waals surface area contributed by atoms with Gasteiger partial charge in [-0.2, -0.15) is 53.3 Å². The van der Waals surface area contributed by atoms with E-state index in [-0.39, 0.29) is 65.8 Å². The minimum Gasteiger partial charge on any atom is -0.510 e. The van der Waals surface area contributed by atoms with Gasteiger partial charge < -0.3 is 13.9 Å². The molecule has 7 aromatic carbocycles. The van der Waals surface area contributed by atoms with Gasteiger partial charge in [-0.1, -0.05) is 111 Å². The molecule has 0 amide bonds. The van der Waals surface area contributed by atoms with Crippen molar-refractivity contribution in [3.8, 4) is 62.1 Å². The number of alkyl halides is 8. The number of ether oxygens (including phenoxy) is 1. The molecule has 4 heterocycles. The van der Waals surface area contributed by atoms with E-state index >= 15 is 35.1 Å². The SMILES string of the molecule is CC(C)(C)c1ccnc(-n2c3[c-]c(Oc4[c-]c(-n5[c-][n+]6c7c(c8c(cc75)C(F)(F)C(F)(F)C(F)(F)C8(F)F)-c5ccccc5-c5ccccc5-c5ccccc5-6)ccc4)ccc3c3ccccc32)c1.[Pt]. The molecule has 352 valence electrons. The van der Waals surface area contributed by atoms with Crippen LogP contribution in [0.3, 0.4) is 0 Å². The van der Waals surface area contributed by atoms with E-state index in [2.05, 4.69) is 39.2 Å². The maximum Gasteiger partial charge on any atom is 0.382 e. The molecule has 5 nitrogen and oxygen atoms in total. The molecule has 0 saturated heterocycles. The first-order chi connectivity index (χ1) is 32.9. The van der Waals surface area contributed by atoms with Gasteiger partial charge >= 0.3 is 23.7 Å². The van der Waals surface area contributed by atoms with Crippen molar-refractivity contribution in [1.29, 1.82) is 0 Å². The number of benzene rings is 7. The van der Waals surface area contributed by atoms with Crippen LogP contribution in [0, 0.1) is 18.5 Å². The fourth-order valence-corrected chi connectivity index (χ4v) is 9.88. The molecule has 0 atom stereocenters. The zero-order valence-corrected chi connectivity index (χ0v) is 39.2. The van der Waals surface area contributed by atoms with Crippen molar-refractivity contribution >= 4 is 32.8 Å². The Bertz CT molecular complexity index is 3800. The summed E-state index contributed by atoms with van der Waals surface area (Å²) >= 11 is 0.